The maximum absolute atomic E-state index is 12.3. The van der Waals surface area contributed by atoms with E-state index in [0.29, 0.717) is 11.1 Å². The number of halogens is 1. The highest BCUT2D eigenvalue weighted by atomic mass is 35.5. The quantitative estimate of drug-likeness (QED) is 0.910. The van der Waals surface area contributed by atoms with Crippen molar-refractivity contribution < 1.29 is 4.79 Å². The Morgan fingerprint density at radius 2 is 2.11 bits per heavy atom. The van der Waals surface area contributed by atoms with Crippen molar-refractivity contribution in [3.05, 3.63) is 28.8 Å². The molecule has 3 rings (SSSR count). The molecule has 2 fully saturated rings. The molecule has 2 aliphatic rings. The van der Waals surface area contributed by atoms with Crippen molar-refractivity contribution in [2.45, 2.75) is 38.3 Å². The number of nitrogens with one attached hydrogen (secondary N) is 1. The van der Waals surface area contributed by atoms with Gasteiger partial charge in [-0.2, -0.15) is 0 Å². The second kappa shape index (κ2) is 4.56. The Hall–Kier alpha value is -1.06. The molecule has 1 amide bonds. The predicted molar refractivity (Wildman–Crippen MR) is 73.1 cm³/mol. The first kappa shape index (κ1) is 12.0. The van der Waals surface area contributed by atoms with Crippen LogP contribution in [0.3, 0.4) is 0 Å². The van der Waals surface area contributed by atoms with E-state index in [1.165, 1.54) is 12.8 Å². The average molecular weight is 265 g/mol. The molecule has 1 aliphatic heterocycles. The zero-order chi connectivity index (χ0) is 12.7. The van der Waals surface area contributed by atoms with E-state index < -0.39 is 0 Å². The van der Waals surface area contributed by atoms with Gasteiger partial charge in [0.1, 0.15) is 0 Å². The van der Waals surface area contributed by atoms with Crippen LogP contribution in [0.25, 0.3) is 0 Å². The lowest BCUT2D eigenvalue weighted by atomic mass is 10.2. The van der Waals surface area contributed by atoms with E-state index in [2.05, 4.69) is 5.32 Å². The van der Waals surface area contributed by atoms with Crippen molar-refractivity contribution in [2.24, 2.45) is 0 Å². The number of carbonyl (C=O) groups is 1. The molecule has 1 aromatic rings. The fourth-order valence-electron chi connectivity index (χ4n) is 2.45. The molecule has 4 heteroatoms. The molecule has 0 spiro atoms. The molecule has 1 saturated carbocycles. The van der Waals surface area contributed by atoms with E-state index in [0.717, 1.165) is 24.2 Å². The van der Waals surface area contributed by atoms with Gasteiger partial charge in [0.15, 0.2) is 0 Å². The van der Waals surface area contributed by atoms with Crippen LogP contribution in [0.4, 0.5) is 5.69 Å². The number of rotatable bonds is 3. The molecule has 1 N–H and O–H groups in total. The first-order valence-electron chi connectivity index (χ1n) is 6.49. The first-order chi connectivity index (χ1) is 8.66. The highest BCUT2D eigenvalue weighted by Crippen LogP contribution is 2.32. The van der Waals surface area contributed by atoms with Gasteiger partial charge in [-0.25, -0.2) is 0 Å². The second-order valence-electron chi connectivity index (χ2n) is 5.18. The predicted octanol–water partition coefficient (Wildman–Crippen LogP) is 2.51. The third-order valence-electron chi connectivity index (χ3n) is 3.68. The number of anilines is 1. The molecule has 0 bridgehead atoms. The topological polar surface area (TPSA) is 32.3 Å². The largest absolute Gasteiger partial charge is 0.309 e. The molecule has 3 nitrogen and oxygen atoms in total. The number of hydrogen-bond donors (Lipinski definition) is 1. The minimum atomic E-state index is -0.0194. The molecular formula is C14H17ClN2O. The number of nitrogens with zero attached hydrogens (tertiary/aromatic N) is 1. The van der Waals surface area contributed by atoms with Gasteiger partial charge in [-0.05, 0) is 37.8 Å². The highest BCUT2D eigenvalue weighted by Gasteiger charge is 2.36. The number of benzene rings is 1. The fraction of sp³-hybridized carbons (Fsp3) is 0.500. The van der Waals surface area contributed by atoms with Gasteiger partial charge in [0.25, 0.3) is 0 Å². The summed E-state index contributed by atoms with van der Waals surface area (Å²) < 4.78 is 0. The zero-order valence-corrected chi connectivity index (χ0v) is 11.2. The molecule has 18 heavy (non-hydrogen) atoms. The molecule has 96 valence electrons. The van der Waals surface area contributed by atoms with Crippen molar-refractivity contribution in [1.82, 2.24) is 5.32 Å². The van der Waals surface area contributed by atoms with Crippen LogP contribution in [0.5, 0.6) is 0 Å². The SMILES string of the molecule is Cc1cccc(N2CCC(NC3CC3)C2=O)c1Cl. The van der Waals surface area contributed by atoms with Crippen LogP contribution < -0.4 is 10.2 Å². The van der Waals surface area contributed by atoms with Crippen LogP contribution in [0.2, 0.25) is 5.02 Å². The minimum Gasteiger partial charge on any atom is -0.309 e. The molecule has 1 aliphatic carbocycles. The number of hydrogen-bond acceptors (Lipinski definition) is 2. The lowest BCUT2D eigenvalue weighted by Gasteiger charge is -2.19. The van der Waals surface area contributed by atoms with E-state index in [1.807, 2.05) is 30.0 Å². The van der Waals surface area contributed by atoms with Gasteiger partial charge in [-0.15, -0.1) is 0 Å². The molecule has 0 radical (unpaired) electrons. The smallest absolute Gasteiger partial charge is 0.244 e. The van der Waals surface area contributed by atoms with Crippen molar-refractivity contribution in [3.63, 3.8) is 0 Å². The Kier molecular flexibility index (Phi) is 3.04. The van der Waals surface area contributed by atoms with Crippen LogP contribution in [0, 0.1) is 6.92 Å². The van der Waals surface area contributed by atoms with Gasteiger partial charge in [0.05, 0.1) is 16.8 Å². The third kappa shape index (κ3) is 2.13. The van der Waals surface area contributed by atoms with E-state index in [4.69, 9.17) is 11.6 Å². The summed E-state index contributed by atoms with van der Waals surface area (Å²) in [4.78, 5) is 14.2. The van der Waals surface area contributed by atoms with Crippen LogP contribution in [0.1, 0.15) is 24.8 Å². The third-order valence-corrected chi connectivity index (χ3v) is 4.17. The lowest BCUT2D eigenvalue weighted by molar-refractivity contribution is -0.118. The van der Waals surface area contributed by atoms with E-state index in [9.17, 15) is 4.79 Å². The molecule has 1 unspecified atom stereocenters. The summed E-state index contributed by atoms with van der Waals surface area (Å²) in [6, 6.07) is 6.38. The number of amides is 1. The molecule has 1 heterocycles. The monoisotopic (exact) mass is 264 g/mol. The second-order valence-corrected chi connectivity index (χ2v) is 5.56. The lowest BCUT2D eigenvalue weighted by Crippen LogP contribution is -2.39. The van der Waals surface area contributed by atoms with Gasteiger partial charge < -0.3 is 10.2 Å². The maximum Gasteiger partial charge on any atom is 0.244 e. The summed E-state index contributed by atoms with van der Waals surface area (Å²) in [5, 5.41) is 4.09. The summed E-state index contributed by atoms with van der Waals surface area (Å²) in [7, 11) is 0. The normalized spacial score (nSPS) is 23.8. The first-order valence-corrected chi connectivity index (χ1v) is 6.87. The van der Waals surface area contributed by atoms with Crippen molar-refractivity contribution in [2.75, 3.05) is 11.4 Å². The Labute approximate surface area is 112 Å². The molecule has 1 atom stereocenters. The van der Waals surface area contributed by atoms with Crippen LogP contribution in [-0.2, 0) is 4.79 Å². The van der Waals surface area contributed by atoms with Gasteiger partial charge in [-0.3, -0.25) is 4.79 Å². The number of carbonyl (C=O) groups excluding carboxylic acids is 1. The van der Waals surface area contributed by atoms with Gasteiger partial charge >= 0.3 is 0 Å². The maximum atomic E-state index is 12.3. The van der Waals surface area contributed by atoms with E-state index >= 15 is 0 Å². The highest BCUT2D eigenvalue weighted by molar-refractivity contribution is 6.34. The zero-order valence-electron chi connectivity index (χ0n) is 10.4. The fourth-order valence-corrected chi connectivity index (χ4v) is 2.68. The van der Waals surface area contributed by atoms with Gasteiger partial charge in [0.2, 0.25) is 5.91 Å². The average Bonchev–Trinajstić information content (AvgIpc) is 3.09. The van der Waals surface area contributed by atoms with E-state index in [-0.39, 0.29) is 11.9 Å². The molecular weight excluding hydrogens is 248 g/mol. The standard InChI is InChI=1S/C14H17ClN2O/c1-9-3-2-4-12(13(9)15)17-8-7-11(14(17)18)16-10-5-6-10/h2-4,10-11,16H,5-8H2,1H3. The van der Waals surface area contributed by atoms with Crippen molar-refractivity contribution >= 4 is 23.2 Å². The summed E-state index contributed by atoms with van der Waals surface area (Å²) >= 11 is 6.29. The summed E-state index contributed by atoms with van der Waals surface area (Å²) in [6.45, 7) is 2.72. The molecule has 1 saturated heterocycles. The van der Waals surface area contributed by atoms with Crippen molar-refractivity contribution in [3.8, 4) is 0 Å². The van der Waals surface area contributed by atoms with Crippen molar-refractivity contribution in [1.29, 1.82) is 0 Å². The Morgan fingerprint density at radius 1 is 1.33 bits per heavy atom. The molecule has 0 aromatic heterocycles. The van der Waals surface area contributed by atoms with Crippen LogP contribution in [0.15, 0.2) is 18.2 Å². The molecule has 1 aromatic carbocycles. The van der Waals surface area contributed by atoms with Gasteiger partial charge in [0, 0.05) is 12.6 Å². The Balaban J connectivity index is 1.80. The van der Waals surface area contributed by atoms with E-state index in [1.54, 1.807) is 0 Å². The minimum absolute atomic E-state index is 0.0194. The summed E-state index contributed by atoms with van der Waals surface area (Å²) in [5.41, 5.74) is 1.86. The summed E-state index contributed by atoms with van der Waals surface area (Å²) in [6.07, 6.45) is 3.28. The van der Waals surface area contributed by atoms with Gasteiger partial charge in [-0.1, -0.05) is 23.7 Å². The Morgan fingerprint density at radius 3 is 2.83 bits per heavy atom. The van der Waals surface area contributed by atoms with Crippen LogP contribution >= 0.6 is 11.6 Å². The number of aryl methyl sites for hydroxylation is 1. The summed E-state index contributed by atoms with van der Waals surface area (Å²) in [5.74, 6) is 0.161. The Bertz CT molecular complexity index is 485. The van der Waals surface area contributed by atoms with Crippen LogP contribution in [-0.4, -0.2) is 24.5 Å².